The SMILES string of the molecule is CC#N.CN=C=O.CN=P(C)(C)C.CS(C)(=O)=O.CS(C)=O. The summed E-state index contributed by atoms with van der Waals surface area (Å²) in [5.74, 6) is 0. The van der Waals surface area contributed by atoms with Crippen LogP contribution >= 0.6 is 7.05 Å². The molecule has 10 heteroatoms. The maximum Gasteiger partial charge on any atom is 0.234 e. The third kappa shape index (κ3) is 621. The highest BCUT2D eigenvalue weighted by Gasteiger charge is 1.86. The van der Waals surface area contributed by atoms with Gasteiger partial charge in [0.05, 0.1) is 6.07 Å². The van der Waals surface area contributed by atoms with Crippen molar-refractivity contribution in [3.8, 4) is 6.07 Å². The third-order valence-corrected chi connectivity index (χ3v) is 1.89. The monoisotopic (exact) mass is 375 g/mol. The zero-order valence-electron chi connectivity index (χ0n) is 15.2. The van der Waals surface area contributed by atoms with E-state index in [2.05, 4.69) is 29.7 Å². The minimum atomic E-state index is -2.67. The van der Waals surface area contributed by atoms with Crippen LogP contribution in [0.25, 0.3) is 0 Å². The van der Waals surface area contributed by atoms with E-state index in [1.54, 1.807) is 18.6 Å². The molecule has 0 aliphatic heterocycles. The van der Waals surface area contributed by atoms with E-state index < -0.39 is 27.7 Å². The van der Waals surface area contributed by atoms with E-state index >= 15 is 0 Å². The van der Waals surface area contributed by atoms with Crippen LogP contribution in [0.2, 0.25) is 0 Å². The molecular weight excluding hydrogens is 345 g/mol. The highest BCUT2D eigenvalue weighted by Crippen LogP contribution is 2.33. The van der Waals surface area contributed by atoms with E-state index in [-0.39, 0.29) is 0 Å². The first-order chi connectivity index (χ1) is 9.62. The molecule has 0 amide bonds. The summed E-state index contributed by atoms with van der Waals surface area (Å²) in [6, 6.07) is 1.75. The lowest BCUT2D eigenvalue weighted by Crippen LogP contribution is -1.86. The lowest BCUT2D eigenvalue weighted by molar-refractivity contribution is 0.564. The van der Waals surface area contributed by atoms with Gasteiger partial charge in [0, 0.05) is 56.8 Å². The van der Waals surface area contributed by atoms with Crippen molar-refractivity contribution < 1.29 is 17.4 Å². The molecule has 0 heterocycles. The average Bonchev–Trinajstić information content (AvgIpc) is 2.26. The van der Waals surface area contributed by atoms with Crippen LogP contribution in [-0.4, -0.2) is 77.8 Å². The smallest absolute Gasteiger partial charge is 0.234 e. The molecule has 0 N–H and O–H groups in total. The van der Waals surface area contributed by atoms with Gasteiger partial charge in [0.2, 0.25) is 6.08 Å². The van der Waals surface area contributed by atoms with Crippen molar-refractivity contribution in [3.63, 3.8) is 0 Å². The summed E-state index contributed by atoms with van der Waals surface area (Å²) in [6.07, 6.45) is 6.90. The standard InChI is InChI=1S/C4H12NP.C2H3NO.C2H3N.C2H6O2S.C2H6OS/c1-5-6(2,3)4;1-3-2-4;1-2-3;1-5(2,3)4;1-4(2)3/h1-4H3;1H3;1H3;1-2H3;1-2H3. The van der Waals surface area contributed by atoms with E-state index in [9.17, 15) is 12.6 Å². The van der Waals surface area contributed by atoms with Crippen LogP contribution in [0.15, 0.2) is 9.74 Å². The fourth-order valence-electron chi connectivity index (χ4n) is 0. The molecule has 0 fully saturated rings. The van der Waals surface area contributed by atoms with Gasteiger partial charge in [-0.05, 0) is 27.0 Å². The molecular formula is C12H30N3O4PS2. The molecule has 0 aliphatic rings. The van der Waals surface area contributed by atoms with Gasteiger partial charge in [0.25, 0.3) is 0 Å². The number of nitrogens with zero attached hydrogens (tertiary/aromatic N) is 3. The number of rotatable bonds is 0. The van der Waals surface area contributed by atoms with Gasteiger partial charge in [-0.15, -0.1) is 0 Å². The summed E-state index contributed by atoms with van der Waals surface area (Å²) in [4.78, 5) is 11.8. The van der Waals surface area contributed by atoms with Crippen LogP contribution in [0.1, 0.15) is 6.92 Å². The van der Waals surface area contributed by atoms with Gasteiger partial charge in [-0.1, -0.05) is 0 Å². The van der Waals surface area contributed by atoms with Crippen molar-refractivity contribution in [1.29, 1.82) is 5.26 Å². The Kier molecular flexibility index (Phi) is 33.7. The number of hydrogen-bond acceptors (Lipinski definition) is 7. The number of nitriles is 1. The highest BCUT2D eigenvalue weighted by atomic mass is 32.2. The lowest BCUT2D eigenvalue weighted by atomic mass is 11.0. The van der Waals surface area contributed by atoms with Gasteiger partial charge in [0.1, 0.15) is 9.84 Å². The number of sulfone groups is 1. The Labute approximate surface area is 138 Å². The Balaban J connectivity index is -0.0000000559. The van der Waals surface area contributed by atoms with Crippen LogP contribution < -0.4 is 0 Å². The fourth-order valence-corrected chi connectivity index (χ4v) is 0. The van der Waals surface area contributed by atoms with Gasteiger partial charge < -0.3 is 4.74 Å². The average molecular weight is 375 g/mol. The van der Waals surface area contributed by atoms with E-state index in [1.165, 1.54) is 20.1 Å². The molecule has 0 unspecified atom stereocenters. The largest absolute Gasteiger partial charge is 0.307 e. The molecule has 0 atom stereocenters. The molecule has 0 aromatic carbocycles. The zero-order chi connectivity index (χ0) is 19.4. The van der Waals surface area contributed by atoms with E-state index in [0.29, 0.717) is 0 Å². The second-order valence-corrected chi connectivity index (χ2v) is 12.6. The van der Waals surface area contributed by atoms with Crippen molar-refractivity contribution in [2.75, 3.05) is 59.1 Å². The quantitative estimate of drug-likeness (QED) is 0.364. The van der Waals surface area contributed by atoms with E-state index in [0.717, 1.165) is 12.5 Å². The topological polar surface area (TPSA) is 117 Å². The number of isocyanates is 1. The summed E-state index contributed by atoms with van der Waals surface area (Å²) >= 11 is 0. The second kappa shape index (κ2) is 22.5. The van der Waals surface area contributed by atoms with Crippen LogP contribution in [-0.2, 0) is 25.4 Å². The molecule has 0 radical (unpaired) electrons. The van der Waals surface area contributed by atoms with Gasteiger partial charge in [-0.2, -0.15) is 5.26 Å². The minimum absolute atomic E-state index is 0.611. The molecule has 0 bridgehead atoms. The Bertz CT molecular complexity index is 479. The molecule has 7 nitrogen and oxygen atoms in total. The Morgan fingerprint density at radius 1 is 1.09 bits per heavy atom. The van der Waals surface area contributed by atoms with Crippen LogP contribution in [0, 0.1) is 11.3 Å². The Morgan fingerprint density at radius 3 is 1.18 bits per heavy atom. The Morgan fingerprint density at radius 2 is 1.18 bits per heavy atom. The van der Waals surface area contributed by atoms with Crippen molar-refractivity contribution in [1.82, 2.24) is 0 Å². The predicted octanol–water partition coefficient (Wildman–Crippen LogP) is 1.84. The molecule has 0 saturated carbocycles. The third-order valence-electron chi connectivity index (χ3n) is 0.691. The van der Waals surface area contributed by atoms with Crippen molar-refractivity contribution in [3.05, 3.63) is 0 Å². The maximum atomic E-state index is 9.63. The van der Waals surface area contributed by atoms with Crippen molar-refractivity contribution in [2.45, 2.75) is 6.92 Å². The van der Waals surface area contributed by atoms with Gasteiger partial charge >= 0.3 is 0 Å². The van der Waals surface area contributed by atoms with Crippen LogP contribution in [0.4, 0.5) is 0 Å². The first-order valence-electron chi connectivity index (χ1n) is 5.72. The molecule has 0 rings (SSSR count). The first-order valence-corrected chi connectivity index (χ1v) is 13.1. The first kappa shape index (κ1) is 33.0. The summed E-state index contributed by atoms with van der Waals surface area (Å²) in [5, 5.41) is 7.32. The lowest BCUT2D eigenvalue weighted by Gasteiger charge is -1.99. The number of aliphatic imine (C=N–C) groups is 1. The van der Waals surface area contributed by atoms with E-state index in [4.69, 9.17) is 10.1 Å². The predicted molar refractivity (Wildman–Crippen MR) is 99.1 cm³/mol. The summed E-state index contributed by atoms with van der Waals surface area (Å²) in [6.45, 7) is 7.99. The minimum Gasteiger partial charge on any atom is -0.307 e. The molecule has 0 aromatic rings. The molecule has 0 spiro atoms. The normalized spacial score (nSPS) is 8.45. The van der Waals surface area contributed by atoms with Gasteiger partial charge in [0.15, 0.2) is 0 Å². The zero-order valence-corrected chi connectivity index (χ0v) is 17.8. The van der Waals surface area contributed by atoms with Crippen LogP contribution in [0.5, 0.6) is 0 Å². The van der Waals surface area contributed by atoms with Crippen molar-refractivity contribution >= 4 is 33.8 Å². The number of hydrogen-bond donors (Lipinski definition) is 0. The number of carbonyl (C=O) groups excluding carboxylic acids is 1. The maximum absolute atomic E-state index is 9.63. The molecule has 0 aromatic heterocycles. The Hall–Kier alpha value is -0.800. The van der Waals surface area contributed by atoms with Gasteiger partial charge in [-0.3, -0.25) is 4.21 Å². The summed E-state index contributed by atoms with van der Waals surface area (Å²) in [7, 11) is -0.785. The van der Waals surface area contributed by atoms with Crippen molar-refractivity contribution in [2.24, 2.45) is 9.74 Å². The molecule has 0 saturated heterocycles. The summed E-state index contributed by atoms with van der Waals surface area (Å²) < 4.78 is 33.0. The molecule has 134 valence electrons. The van der Waals surface area contributed by atoms with E-state index in [1.807, 2.05) is 7.05 Å². The molecule has 22 heavy (non-hydrogen) atoms. The fraction of sp³-hybridized carbons (Fsp3) is 0.833. The summed E-state index contributed by atoms with van der Waals surface area (Å²) in [5.41, 5.74) is 0. The van der Waals surface area contributed by atoms with Crippen LogP contribution in [0.3, 0.4) is 0 Å². The van der Waals surface area contributed by atoms with Gasteiger partial charge in [-0.25, -0.2) is 18.2 Å². The second-order valence-electron chi connectivity index (χ2n) is 4.56. The molecule has 0 aliphatic carbocycles. The highest BCUT2D eigenvalue weighted by molar-refractivity contribution is 7.89.